The number of hydrogen-bond acceptors (Lipinski definition) is 2. The van der Waals surface area contributed by atoms with Crippen molar-refractivity contribution >= 4 is 21.7 Å². The average molecular weight is 170 g/mol. The Morgan fingerprint density at radius 3 is 1.73 bits per heavy atom. The van der Waals surface area contributed by atoms with Gasteiger partial charge in [-0.05, 0) is 12.2 Å². The predicted octanol–water partition coefficient (Wildman–Crippen LogP) is -1.41. The molecule has 0 unspecified atom stereocenters. The highest BCUT2D eigenvalue weighted by Gasteiger charge is 1.94. The van der Waals surface area contributed by atoms with Crippen molar-refractivity contribution in [3.8, 4) is 0 Å². The van der Waals surface area contributed by atoms with Gasteiger partial charge in [-0.25, -0.2) is 0 Å². The second-order valence-corrected chi connectivity index (χ2v) is 2.73. The van der Waals surface area contributed by atoms with E-state index >= 15 is 0 Å². The van der Waals surface area contributed by atoms with Gasteiger partial charge in [0.15, 0.2) is 0 Å². The highest BCUT2D eigenvalue weighted by atomic mass is 28.2. The van der Waals surface area contributed by atoms with Crippen LogP contribution in [0.3, 0.4) is 0 Å². The molecule has 0 aliphatic carbocycles. The molecule has 11 heavy (non-hydrogen) atoms. The fourth-order valence-electron chi connectivity index (χ4n) is 0.363. The van der Waals surface area contributed by atoms with E-state index in [4.69, 9.17) is 0 Å². The first kappa shape index (κ1) is 9.64. The highest BCUT2D eigenvalue weighted by molar-refractivity contribution is 6.39. The molecule has 0 atom stereocenters. The molecule has 0 aromatic carbocycles. The van der Waals surface area contributed by atoms with Crippen molar-refractivity contribution in [2.45, 2.75) is 0 Å². The van der Waals surface area contributed by atoms with Crippen LogP contribution in [0.5, 0.6) is 0 Å². The number of carbonyl (C=O) groups is 2. The predicted molar refractivity (Wildman–Crippen MR) is 45.2 cm³/mol. The molecule has 0 aromatic heterocycles. The van der Waals surface area contributed by atoms with Crippen molar-refractivity contribution in [3.63, 3.8) is 0 Å². The summed E-state index contributed by atoms with van der Waals surface area (Å²) in [5.41, 5.74) is 0. The smallest absolute Gasteiger partial charge is 0.236 e. The summed E-state index contributed by atoms with van der Waals surface area (Å²) in [5.74, 6) is -0.526. The molecular formula is C6H10N2O2Si. The van der Waals surface area contributed by atoms with Crippen LogP contribution in [0.1, 0.15) is 0 Å². The van der Waals surface area contributed by atoms with Gasteiger partial charge in [0.25, 0.3) is 0 Å². The Labute approximate surface area is 67.3 Å². The second-order valence-electron chi connectivity index (χ2n) is 1.67. The maximum Gasteiger partial charge on any atom is 0.236 e. The molecule has 0 aromatic rings. The Kier molecular flexibility index (Phi) is 4.75. The molecule has 0 rings (SSSR count). The molecule has 0 fully saturated rings. The van der Waals surface area contributed by atoms with E-state index in [0.717, 1.165) is 12.2 Å². The molecule has 0 radical (unpaired) electrons. The first-order valence-electron chi connectivity index (χ1n) is 3.01. The van der Waals surface area contributed by atoms with Gasteiger partial charge in [0.05, 0.1) is 0 Å². The Bertz CT molecular complexity index is 171. The van der Waals surface area contributed by atoms with Gasteiger partial charge < -0.3 is 9.96 Å². The summed E-state index contributed by atoms with van der Waals surface area (Å²) in [7, 11) is -1.05. The topological polar surface area (TPSA) is 58.2 Å². The monoisotopic (exact) mass is 170 g/mol. The van der Waals surface area contributed by atoms with Crippen molar-refractivity contribution in [1.29, 1.82) is 0 Å². The van der Waals surface area contributed by atoms with E-state index in [0.29, 0.717) is 0 Å². The number of nitrogens with one attached hydrogen (secondary N) is 2. The van der Waals surface area contributed by atoms with Gasteiger partial charge >= 0.3 is 0 Å². The first-order chi connectivity index (χ1) is 5.20. The number of rotatable bonds is 4. The van der Waals surface area contributed by atoms with Gasteiger partial charge in [-0.2, -0.15) is 0 Å². The Balaban J connectivity index is 3.41. The standard InChI is InChI=1S/C6H10N2O2Si/c1-3-5(9)7-11-8-6(10)4-2/h3-4H,1-2,11H2,(H,7,9)(H,8,10). The number of carbonyl (C=O) groups excluding carboxylic acids is 2. The molecule has 0 saturated carbocycles. The van der Waals surface area contributed by atoms with E-state index in [1.165, 1.54) is 0 Å². The molecule has 0 aliphatic heterocycles. The lowest BCUT2D eigenvalue weighted by Gasteiger charge is -2.00. The van der Waals surface area contributed by atoms with Gasteiger partial charge in [-0.3, -0.25) is 9.59 Å². The zero-order valence-corrected chi connectivity index (χ0v) is 7.51. The SMILES string of the molecule is C=CC(=O)N[SiH2]NC(=O)C=C. The van der Waals surface area contributed by atoms with E-state index in [1.807, 2.05) is 0 Å². The van der Waals surface area contributed by atoms with Crippen LogP contribution in [0.25, 0.3) is 0 Å². The zero-order chi connectivity index (χ0) is 8.69. The van der Waals surface area contributed by atoms with E-state index in [2.05, 4.69) is 23.1 Å². The lowest BCUT2D eigenvalue weighted by atomic mass is 10.6. The molecule has 0 spiro atoms. The summed E-state index contributed by atoms with van der Waals surface area (Å²) in [6.45, 7) is 6.51. The lowest BCUT2D eigenvalue weighted by molar-refractivity contribution is -0.115. The molecule has 0 saturated heterocycles. The van der Waals surface area contributed by atoms with Gasteiger partial charge in [0, 0.05) is 0 Å². The third kappa shape index (κ3) is 5.10. The van der Waals surface area contributed by atoms with E-state index < -0.39 is 9.84 Å². The molecule has 0 bridgehead atoms. The minimum absolute atomic E-state index is 0.263. The third-order valence-electron chi connectivity index (χ3n) is 0.896. The average Bonchev–Trinajstić information content (AvgIpc) is 2.04. The summed E-state index contributed by atoms with van der Waals surface area (Å²) >= 11 is 0. The molecule has 60 valence electrons. The lowest BCUT2D eigenvalue weighted by Crippen LogP contribution is -2.39. The molecule has 5 heteroatoms. The molecule has 4 nitrogen and oxygen atoms in total. The van der Waals surface area contributed by atoms with E-state index in [9.17, 15) is 9.59 Å². The largest absolute Gasteiger partial charge is 0.366 e. The molecule has 2 amide bonds. The second kappa shape index (κ2) is 5.42. The summed E-state index contributed by atoms with van der Waals surface area (Å²) in [5, 5.41) is 0. The van der Waals surface area contributed by atoms with Crippen molar-refractivity contribution in [2.75, 3.05) is 0 Å². The Morgan fingerprint density at radius 2 is 1.45 bits per heavy atom. The van der Waals surface area contributed by atoms with E-state index in [1.54, 1.807) is 0 Å². The van der Waals surface area contributed by atoms with E-state index in [-0.39, 0.29) is 11.8 Å². The fraction of sp³-hybridized carbons (Fsp3) is 0. The van der Waals surface area contributed by atoms with Crippen LogP contribution >= 0.6 is 0 Å². The van der Waals surface area contributed by atoms with Crippen LogP contribution in [0.4, 0.5) is 0 Å². The van der Waals surface area contributed by atoms with Crippen LogP contribution in [0.15, 0.2) is 25.3 Å². The maximum absolute atomic E-state index is 10.5. The van der Waals surface area contributed by atoms with Crippen LogP contribution < -0.4 is 9.96 Å². The molecular weight excluding hydrogens is 160 g/mol. The van der Waals surface area contributed by atoms with Gasteiger partial charge in [0.2, 0.25) is 21.7 Å². The molecule has 2 N–H and O–H groups in total. The maximum atomic E-state index is 10.5. The van der Waals surface area contributed by atoms with Crippen LogP contribution in [-0.4, -0.2) is 21.7 Å². The minimum atomic E-state index is -1.05. The summed E-state index contributed by atoms with van der Waals surface area (Å²) in [6, 6.07) is 0. The highest BCUT2D eigenvalue weighted by Crippen LogP contribution is 1.64. The van der Waals surface area contributed by atoms with Gasteiger partial charge in [-0.1, -0.05) is 13.2 Å². The summed E-state index contributed by atoms with van der Waals surface area (Å²) < 4.78 is 0. The van der Waals surface area contributed by atoms with Crippen molar-refractivity contribution in [1.82, 2.24) is 9.96 Å². The number of amides is 2. The van der Waals surface area contributed by atoms with Crippen molar-refractivity contribution < 1.29 is 9.59 Å². The van der Waals surface area contributed by atoms with Crippen LogP contribution in [0, 0.1) is 0 Å². The van der Waals surface area contributed by atoms with Crippen molar-refractivity contribution in [3.05, 3.63) is 25.3 Å². The minimum Gasteiger partial charge on any atom is -0.366 e. The number of hydrogen-bond donors (Lipinski definition) is 2. The van der Waals surface area contributed by atoms with Crippen LogP contribution in [0.2, 0.25) is 0 Å². The normalized spacial score (nSPS) is 8.00. The molecule has 0 aliphatic rings. The first-order valence-corrected chi connectivity index (χ1v) is 4.42. The van der Waals surface area contributed by atoms with Gasteiger partial charge in [-0.15, -0.1) is 0 Å². The summed E-state index contributed by atoms with van der Waals surface area (Å²) in [4.78, 5) is 26.0. The summed E-state index contributed by atoms with van der Waals surface area (Å²) in [6.07, 6.45) is 2.32. The zero-order valence-electron chi connectivity index (χ0n) is 6.09. The Morgan fingerprint density at radius 1 is 1.09 bits per heavy atom. The quantitative estimate of drug-likeness (QED) is 0.402. The van der Waals surface area contributed by atoms with Crippen LogP contribution in [-0.2, 0) is 9.59 Å². The van der Waals surface area contributed by atoms with Gasteiger partial charge in [0.1, 0.15) is 0 Å². The molecule has 0 heterocycles. The fourth-order valence-corrected chi connectivity index (χ4v) is 1.09. The Hall–Kier alpha value is -1.36. The third-order valence-corrected chi connectivity index (χ3v) is 1.95. The van der Waals surface area contributed by atoms with Crippen molar-refractivity contribution in [2.24, 2.45) is 0 Å².